The molecule has 0 atom stereocenters. The Hall–Kier alpha value is -3.39. The lowest BCUT2D eigenvalue weighted by Gasteiger charge is -2.36. The molecule has 0 radical (unpaired) electrons. The fourth-order valence-corrected chi connectivity index (χ4v) is 6.07. The van der Waals surface area contributed by atoms with Gasteiger partial charge >= 0.3 is 0 Å². The zero-order chi connectivity index (χ0) is 27.3. The molecule has 0 aromatic heterocycles. The zero-order valence-corrected chi connectivity index (χ0v) is 23.1. The van der Waals surface area contributed by atoms with E-state index >= 15 is 0 Å². The summed E-state index contributed by atoms with van der Waals surface area (Å²) >= 11 is 0. The molecule has 1 fully saturated rings. The first kappa shape index (κ1) is 27.6. The fraction of sp³-hybridized carbons (Fsp3) is 0.367. The van der Waals surface area contributed by atoms with E-state index < -0.39 is 15.7 Å². The minimum absolute atomic E-state index is 0.116. The Bertz CT molecular complexity index is 1380. The van der Waals surface area contributed by atoms with Crippen molar-refractivity contribution in [3.05, 3.63) is 88.7 Å². The van der Waals surface area contributed by atoms with Crippen LogP contribution in [-0.2, 0) is 22.0 Å². The summed E-state index contributed by atoms with van der Waals surface area (Å²) in [5, 5.41) is 0. The molecule has 202 valence electrons. The molecule has 4 rings (SSSR count). The van der Waals surface area contributed by atoms with E-state index in [2.05, 4.69) is 6.92 Å². The zero-order valence-electron chi connectivity index (χ0n) is 22.2. The van der Waals surface area contributed by atoms with Crippen molar-refractivity contribution in [2.24, 2.45) is 0 Å². The van der Waals surface area contributed by atoms with Gasteiger partial charge in [-0.1, -0.05) is 43.7 Å². The number of ether oxygens (including phenoxy) is 1. The first-order chi connectivity index (χ1) is 18.2. The average Bonchev–Trinajstić information content (AvgIpc) is 2.92. The summed E-state index contributed by atoms with van der Waals surface area (Å²) in [6.07, 6.45) is 3.20. The number of unbranched alkanes of at least 4 members (excludes halogenated alkanes) is 1. The number of amides is 1. The third kappa shape index (κ3) is 6.35. The van der Waals surface area contributed by atoms with Gasteiger partial charge in [0.1, 0.15) is 0 Å². The van der Waals surface area contributed by atoms with Crippen molar-refractivity contribution in [1.82, 2.24) is 4.90 Å². The number of rotatable bonds is 9. The Balaban J connectivity index is 1.44. The standard InChI is InChI=1S/C30H35FN2O4S/c1-4-5-6-23-8-10-24(11-9-23)21-38(35,36)26-13-7-22(2)27(20-26)30(34)33-17-15-32(16-18-33)25-12-14-29(37-3)28(31)19-25/h7-14,19-20H,4-6,15-18,21H2,1-3H3. The first-order valence-electron chi connectivity index (χ1n) is 13.0. The minimum atomic E-state index is -3.63. The van der Waals surface area contributed by atoms with Crippen LogP contribution in [0.15, 0.2) is 65.6 Å². The van der Waals surface area contributed by atoms with Gasteiger partial charge in [-0.25, -0.2) is 12.8 Å². The van der Waals surface area contributed by atoms with Gasteiger partial charge in [0.25, 0.3) is 5.91 Å². The second-order valence-electron chi connectivity index (χ2n) is 9.75. The lowest BCUT2D eigenvalue weighted by molar-refractivity contribution is 0.0745. The second-order valence-corrected chi connectivity index (χ2v) is 11.7. The van der Waals surface area contributed by atoms with Crippen LogP contribution in [0.3, 0.4) is 0 Å². The number of piperazine rings is 1. The van der Waals surface area contributed by atoms with Gasteiger partial charge in [-0.2, -0.15) is 0 Å². The van der Waals surface area contributed by atoms with E-state index in [1.54, 1.807) is 29.2 Å². The highest BCUT2D eigenvalue weighted by molar-refractivity contribution is 7.90. The van der Waals surface area contributed by atoms with Gasteiger partial charge in [0.2, 0.25) is 0 Å². The van der Waals surface area contributed by atoms with Crippen LogP contribution < -0.4 is 9.64 Å². The fourth-order valence-electron chi connectivity index (χ4n) is 4.70. The first-order valence-corrected chi connectivity index (χ1v) is 14.7. The SMILES string of the molecule is CCCCc1ccc(CS(=O)(=O)c2ccc(C)c(C(=O)N3CCN(c4ccc(OC)c(F)c4)CC3)c2)cc1. The second kappa shape index (κ2) is 12.0. The monoisotopic (exact) mass is 538 g/mol. The maximum atomic E-state index is 14.1. The van der Waals surface area contributed by atoms with Crippen LogP contribution >= 0.6 is 0 Å². The molecule has 3 aromatic carbocycles. The van der Waals surface area contributed by atoms with Crippen molar-refractivity contribution < 1.29 is 22.3 Å². The smallest absolute Gasteiger partial charge is 0.254 e. The molecule has 3 aromatic rings. The Morgan fingerprint density at radius 1 is 0.947 bits per heavy atom. The van der Waals surface area contributed by atoms with Crippen LogP contribution in [0.1, 0.15) is 46.8 Å². The van der Waals surface area contributed by atoms with Crippen LogP contribution in [-0.4, -0.2) is 52.5 Å². The van der Waals surface area contributed by atoms with E-state index in [1.165, 1.54) is 24.8 Å². The third-order valence-corrected chi connectivity index (χ3v) is 8.75. The molecule has 1 aliphatic rings. The van der Waals surface area contributed by atoms with E-state index in [9.17, 15) is 17.6 Å². The number of methoxy groups -OCH3 is 1. The Labute approximate surface area is 225 Å². The number of nitrogens with zero attached hydrogens (tertiary/aromatic N) is 2. The topological polar surface area (TPSA) is 66.9 Å². The van der Waals surface area contributed by atoms with Crippen molar-refractivity contribution >= 4 is 21.4 Å². The summed E-state index contributed by atoms with van der Waals surface area (Å²) in [6.45, 7) is 5.95. The van der Waals surface area contributed by atoms with Gasteiger partial charge in [-0.05, 0) is 60.7 Å². The molecule has 38 heavy (non-hydrogen) atoms. The summed E-state index contributed by atoms with van der Waals surface area (Å²) in [6, 6.07) is 17.3. The average molecular weight is 539 g/mol. The number of anilines is 1. The lowest BCUT2D eigenvalue weighted by Crippen LogP contribution is -2.49. The van der Waals surface area contributed by atoms with E-state index in [1.807, 2.05) is 36.1 Å². The number of aryl methyl sites for hydroxylation is 2. The Morgan fingerprint density at radius 2 is 1.63 bits per heavy atom. The van der Waals surface area contributed by atoms with E-state index in [-0.39, 0.29) is 22.3 Å². The lowest BCUT2D eigenvalue weighted by atomic mass is 10.1. The van der Waals surface area contributed by atoms with Gasteiger partial charge in [0, 0.05) is 43.5 Å². The molecule has 0 saturated carbocycles. The highest BCUT2D eigenvalue weighted by Gasteiger charge is 2.26. The predicted molar refractivity (Wildman–Crippen MR) is 148 cm³/mol. The number of halogens is 1. The van der Waals surface area contributed by atoms with Crippen molar-refractivity contribution in [3.63, 3.8) is 0 Å². The molecule has 1 saturated heterocycles. The maximum absolute atomic E-state index is 14.1. The number of carbonyl (C=O) groups is 1. The van der Waals surface area contributed by atoms with Gasteiger partial charge in [-0.3, -0.25) is 4.79 Å². The summed E-state index contributed by atoms with van der Waals surface area (Å²) in [5.41, 5.74) is 3.79. The number of hydrogen-bond acceptors (Lipinski definition) is 5. The quantitative estimate of drug-likeness (QED) is 0.364. The molecule has 0 N–H and O–H groups in total. The Kier molecular flexibility index (Phi) is 8.72. The highest BCUT2D eigenvalue weighted by Crippen LogP contribution is 2.26. The van der Waals surface area contributed by atoms with Crippen LogP contribution in [0.25, 0.3) is 0 Å². The number of benzene rings is 3. The summed E-state index contributed by atoms with van der Waals surface area (Å²) < 4.78 is 45.6. The van der Waals surface area contributed by atoms with E-state index in [0.29, 0.717) is 31.7 Å². The van der Waals surface area contributed by atoms with Crippen LogP contribution in [0, 0.1) is 12.7 Å². The van der Waals surface area contributed by atoms with Gasteiger partial charge in [0.05, 0.1) is 17.8 Å². The van der Waals surface area contributed by atoms with Crippen LogP contribution in [0.2, 0.25) is 0 Å². The molecule has 1 aliphatic heterocycles. The van der Waals surface area contributed by atoms with Crippen molar-refractivity contribution in [2.45, 2.75) is 43.8 Å². The summed E-state index contributed by atoms with van der Waals surface area (Å²) in [7, 11) is -2.20. The van der Waals surface area contributed by atoms with Crippen molar-refractivity contribution in [2.75, 3.05) is 38.2 Å². The maximum Gasteiger partial charge on any atom is 0.254 e. The summed E-state index contributed by atoms with van der Waals surface area (Å²) in [4.78, 5) is 17.3. The highest BCUT2D eigenvalue weighted by atomic mass is 32.2. The Morgan fingerprint density at radius 3 is 2.26 bits per heavy atom. The number of hydrogen-bond donors (Lipinski definition) is 0. The molecule has 8 heteroatoms. The third-order valence-electron chi connectivity index (χ3n) is 7.06. The number of carbonyl (C=O) groups excluding carboxylic acids is 1. The molecule has 0 spiro atoms. The van der Waals surface area contributed by atoms with Crippen molar-refractivity contribution in [1.29, 1.82) is 0 Å². The molecular weight excluding hydrogens is 503 g/mol. The molecule has 0 unspecified atom stereocenters. The van der Waals surface area contributed by atoms with Gasteiger partial charge in [0.15, 0.2) is 21.4 Å². The van der Waals surface area contributed by atoms with E-state index in [0.717, 1.165) is 36.1 Å². The number of sulfone groups is 1. The van der Waals surface area contributed by atoms with Crippen LogP contribution in [0.5, 0.6) is 5.75 Å². The molecule has 0 aliphatic carbocycles. The molecule has 0 bridgehead atoms. The van der Waals surface area contributed by atoms with Crippen LogP contribution in [0.4, 0.5) is 10.1 Å². The molecule has 6 nitrogen and oxygen atoms in total. The minimum Gasteiger partial charge on any atom is -0.494 e. The molecule has 1 heterocycles. The largest absolute Gasteiger partial charge is 0.494 e. The molecule has 1 amide bonds. The predicted octanol–water partition coefficient (Wildman–Crippen LogP) is 5.42. The summed E-state index contributed by atoms with van der Waals surface area (Å²) in [5.74, 6) is -0.545. The van der Waals surface area contributed by atoms with Gasteiger partial charge in [-0.15, -0.1) is 0 Å². The normalized spacial score (nSPS) is 14.0. The van der Waals surface area contributed by atoms with E-state index in [4.69, 9.17) is 4.74 Å². The van der Waals surface area contributed by atoms with Gasteiger partial charge < -0.3 is 14.5 Å². The van der Waals surface area contributed by atoms with Crippen molar-refractivity contribution in [3.8, 4) is 5.75 Å². The molecular formula is C30H35FN2O4S.